The lowest BCUT2D eigenvalue weighted by Gasteiger charge is -2.36. The maximum atomic E-state index is 12.8. The molecule has 1 fully saturated rings. The van der Waals surface area contributed by atoms with Crippen molar-refractivity contribution in [3.05, 3.63) is 77.4 Å². The van der Waals surface area contributed by atoms with E-state index in [1.54, 1.807) is 37.1 Å². The number of ether oxygens (including phenoxy) is 1. The van der Waals surface area contributed by atoms with Gasteiger partial charge in [-0.3, -0.25) is 0 Å². The molecule has 0 spiro atoms. The summed E-state index contributed by atoms with van der Waals surface area (Å²) in [6.07, 6.45) is 0. The van der Waals surface area contributed by atoms with Gasteiger partial charge in [0.05, 0.1) is 24.0 Å². The van der Waals surface area contributed by atoms with Crippen molar-refractivity contribution in [1.82, 2.24) is 4.90 Å². The van der Waals surface area contributed by atoms with Crippen molar-refractivity contribution < 1.29 is 24.2 Å². The van der Waals surface area contributed by atoms with Gasteiger partial charge < -0.3 is 35.6 Å². The van der Waals surface area contributed by atoms with Gasteiger partial charge in [0, 0.05) is 37.6 Å². The highest BCUT2D eigenvalue weighted by Gasteiger charge is 2.23. The lowest BCUT2D eigenvalue weighted by molar-refractivity contribution is 0.0698. The first kappa shape index (κ1) is 26.3. The van der Waals surface area contributed by atoms with Crippen LogP contribution >= 0.6 is 0 Å². The Hall–Kier alpha value is -4.73. The fourth-order valence-corrected chi connectivity index (χ4v) is 4.33. The van der Waals surface area contributed by atoms with E-state index in [2.05, 4.69) is 20.9 Å². The van der Waals surface area contributed by atoms with E-state index in [1.807, 2.05) is 43.3 Å². The summed E-state index contributed by atoms with van der Waals surface area (Å²) in [4.78, 5) is 40.7. The summed E-state index contributed by atoms with van der Waals surface area (Å²) in [6.45, 7) is 5.91. The minimum atomic E-state index is -1.08. The Bertz CT molecular complexity index is 1330. The molecule has 1 heterocycles. The van der Waals surface area contributed by atoms with Crippen molar-refractivity contribution in [3.63, 3.8) is 0 Å². The third-order valence-corrected chi connectivity index (χ3v) is 6.40. The quantitative estimate of drug-likeness (QED) is 0.365. The van der Waals surface area contributed by atoms with Crippen LogP contribution in [-0.4, -0.2) is 61.3 Å². The zero-order chi connectivity index (χ0) is 27.2. The minimum absolute atomic E-state index is 0.0670. The molecule has 0 unspecified atom stereocenters. The highest BCUT2D eigenvalue weighted by molar-refractivity contribution is 6.01. The molecule has 10 nitrogen and oxygen atoms in total. The average molecular weight is 518 g/mol. The molecule has 10 heteroatoms. The van der Waals surface area contributed by atoms with Crippen LogP contribution in [0.5, 0.6) is 5.75 Å². The summed E-state index contributed by atoms with van der Waals surface area (Å²) in [5.74, 6) is -0.505. The monoisotopic (exact) mass is 517 g/mol. The first-order chi connectivity index (χ1) is 18.2. The van der Waals surface area contributed by atoms with E-state index < -0.39 is 5.97 Å². The lowest BCUT2D eigenvalue weighted by atomic mass is 10.1. The van der Waals surface area contributed by atoms with Gasteiger partial charge in [0.15, 0.2) is 0 Å². The zero-order valence-corrected chi connectivity index (χ0v) is 21.6. The fourth-order valence-electron chi connectivity index (χ4n) is 4.33. The molecule has 0 radical (unpaired) electrons. The predicted molar refractivity (Wildman–Crippen MR) is 148 cm³/mol. The third-order valence-electron chi connectivity index (χ3n) is 6.40. The Labute approximate surface area is 221 Å². The van der Waals surface area contributed by atoms with Gasteiger partial charge >= 0.3 is 18.0 Å². The highest BCUT2D eigenvalue weighted by atomic mass is 16.5. The average Bonchev–Trinajstić information content (AvgIpc) is 2.90. The number of aromatic carboxylic acids is 1. The van der Waals surface area contributed by atoms with Crippen molar-refractivity contribution in [2.75, 3.05) is 54.1 Å². The first-order valence-electron chi connectivity index (χ1n) is 12.2. The van der Waals surface area contributed by atoms with Gasteiger partial charge in [0.1, 0.15) is 5.75 Å². The second-order valence-corrected chi connectivity index (χ2v) is 9.04. The SMILES string of the molecule is COc1ccc(C)cc1NC(=O)Nc1ccc(N2CCN(C(=O)Nc3c(C)cccc3C(=O)O)CC2)cc1. The summed E-state index contributed by atoms with van der Waals surface area (Å²) >= 11 is 0. The van der Waals surface area contributed by atoms with Crippen molar-refractivity contribution in [2.24, 2.45) is 0 Å². The molecule has 1 aliphatic rings. The number of amides is 4. The van der Waals surface area contributed by atoms with Crippen LogP contribution in [0.25, 0.3) is 0 Å². The number of rotatable bonds is 6. The Morgan fingerprint density at radius 3 is 2.24 bits per heavy atom. The number of nitrogens with one attached hydrogen (secondary N) is 3. The number of carboxylic acids is 1. The van der Waals surface area contributed by atoms with Gasteiger partial charge in [0.25, 0.3) is 0 Å². The molecule has 198 valence electrons. The van der Waals surface area contributed by atoms with Crippen LogP contribution < -0.4 is 25.6 Å². The molecular weight excluding hydrogens is 486 g/mol. The second-order valence-electron chi connectivity index (χ2n) is 9.04. The number of benzene rings is 3. The van der Waals surface area contributed by atoms with Gasteiger partial charge in [-0.1, -0.05) is 18.2 Å². The second kappa shape index (κ2) is 11.5. The number of piperazine rings is 1. The maximum Gasteiger partial charge on any atom is 0.337 e. The van der Waals surface area contributed by atoms with Crippen molar-refractivity contribution in [1.29, 1.82) is 0 Å². The third kappa shape index (κ3) is 6.15. The number of carboxylic acid groups (broad SMARTS) is 1. The van der Waals surface area contributed by atoms with E-state index in [4.69, 9.17) is 4.74 Å². The van der Waals surface area contributed by atoms with Crippen LogP contribution in [0.4, 0.5) is 32.3 Å². The summed E-state index contributed by atoms with van der Waals surface area (Å²) in [7, 11) is 1.55. The van der Waals surface area contributed by atoms with Crippen LogP contribution in [0.2, 0.25) is 0 Å². The molecule has 0 saturated carbocycles. The summed E-state index contributed by atoms with van der Waals surface area (Å²) in [5.41, 5.74) is 4.29. The molecule has 0 aromatic heterocycles. The predicted octanol–water partition coefficient (Wildman–Crippen LogP) is 5.01. The first-order valence-corrected chi connectivity index (χ1v) is 12.2. The van der Waals surface area contributed by atoms with Crippen molar-refractivity contribution in [3.8, 4) is 5.75 Å². The number of nitrogens with zero attached hydrogens (tertiary/aromatic N) is 2. The lowest BCUT2D eigenvalue weighted by Crippen LogP contribution is -2.50. The van der Waals surface area contributed by atoms with Gasteiger partial charge in [0.2, 0.25) is 0 Å². The van der Waals surface area contributed by atoms with Gasteiger partial charge in [-0.25, -0.2) is 14.4 Å². The highest BCUT2D eigenvalue weighted by Crippen LogP contribution is 2.26. The zero-order valence-electron chi connectivity index (χ0n) is 21.6. The van der Waals surface area contributed by atoms with Crippen LogP contribution in [0.1, 0.15) is 21.5 Å². The molecule has 3 aromatic carbocycles. The number of para-hydroxylation sites is 1. The van der Waals surface area contributed by atoms with Crippen LogP contribution in [-0.2, 0) is 0 Å². The number of carbonyl (C=O) groups excluding carboxylic acids is 2. The molecule has 3 aromatic rings. The summed E-state index contributed by atoms with van der Waals surface area (Å²) in [6, 6.07) is 17.3. The molecule has 4 amide bonds. The normalized spacial score (nSPS) is 13.0. The van der Waals surface area contributed by atoms with E-state index in [-0.39, 0.29) is 17.6 Å². The van der Waals surface area contributed by atoms with Gasteiger partial charge in [-0.05, 0) is 67.4 Å². The number of hydrogen-bond acceptors (Lipinski definition) is 5. The fraction of sp³-hybridized carbons (Fsp3) is 0.250. The van der Waals surface area contributed by atoms with Gasteiger partial charge in [-0.15, -0.1) is 0 Å². The molecule has 0 atom stereocenters. The molecular formula is C28H31N5O5. The molecule has 0 aliphatic carbocycles. The Kier molecular flexibility index (Phi) is 8.00. The van der Waals surface area contributed by atoms with Crippen LogP contribution in [0, 0.1) is 13.8 Å². The molecule has 38 heavy (non-hydrogen) atoms. The Balaban J connectivity index is 1.31. The summed E-state index contributed by atoms with van der Waals surface area (Å²) < 4.78 is 5.31. The number of hydrogen-bond donors (Lipinski definition) is 4. The molecule has 4 rings (SSSR count). The Morgan fingerprint density at radius 2 is 1.58 bits per heavy atom. The number of anilines is 4. The molecule has 0 bridgehead atoms. The number of methoxy groups -OCH3 is 1. The number of urea groups is 2. The Morgan fingerprint density at radius 1 is 0.868 bits per heavy atom. The van der Waals surface area contributed by atoms with Crippen LogP contribution in [0.3, 0.4) is 0 Å². The van der Waals surface area contributed by atoms with Crippen molar-refractivity contribution >= 4 is 40.8 Å². The van der Waals surface area contributed by atoms with Crippen LogP contribution in [0.15, 0.2) is 60.7 Å². The van der Waals surface area contributed by atoms with Gasteiger partial charge in [-0.2, -0.15) is 0 Å². The van der Waals surface area contributed by atoms with E-state index in [0.29, 0.717) is 54.6 Å². The molecule has 1 aliphatic heterocycles. The topological polar surface area (TPSA) is 123 Å². The summed E-state index contributed by atoms with van der Waals surface area (Å²) in [5, 5.41) is 17.8. The molecule has 1 saturated heterocycles. The largest absolute Gasteiger partial charge is 0.495 e. The van der Waals surface area contributed by atoms with E-state index in [1.165, 1.54) is 6.07 Å². The van der Waals surface area contributed by atoms with E-state index >= 15 is 0 Å². The number of carbonyl (C=O) groups is 3. The minimum Gasteiger partial charge on any atom is -0.495 e. The number of aryl methyl sites for hydroxylation is 2. The smallest absolute Gasteiger partial charge is 0.337 e. The van der Waals surface area contributed by atoms with E-state index in [0.717, 1.165) is 11.3 Å². The molecule has 4 N–H and O–H groups in total. The van der Waals surface area contributed by atoms with Crippen molar-refractivity contribution in [2.45, 2.75) is 13.8 Å². The van der Waals surface area contributed by atoms with E-state index in [9.17, 15) is 19.5 Å². The standard InChI is InChI=1S/C28H31N5O5/c1-18-7-12-24(38-3)23(17-18)30-27(36)29-20-8-10-21(11-9-20)32-13-15-33(16-14-32)28(37)31-25-19(2)5-4-6-22(25)26(34)35/h4-12,17H,13-16H2,1-3H3,(H,31,37)(H,34,35)(H2,29,30,36). The maximum absolute atomic E-state index is 12.8.